The summed E-state index contributed by atoms with van der Waals surface area (Å²) in [6, 6.07) is 12.9. The number of nitrogens with one attached hydrogen (secondary N) is 3. The van der Waals surface area contributed by atoms with E-state index in [1.165, 1.54) is 18.4 Å². The van der Waals surface area contributed by atoms with Gasteiger partial charge in [0.2, 0.25) is 10.0 Å². The average Bonchev–Trinajstić information content (AvgIpc) is 3.12. The van der Waals surface area contributed by atoms with Crippen LogP contribution in [0, 0.1) is 0 Å². The van der Waals surface area contributed by atoms with Crippen LogP contribution in [0.3, 0.4) is 0 Å². The fraction of sp³-hybridized carbons (Fsp3) is 0.235. The van der Waals surface area contributed by atoms with Crippen molar-refractivity contribution in [2.45, 2.75) is 17.0 Å². The lowest BCUT2D eigenvalue weighted by Crippen LogP contribution is -2.38. The molecule has 0 bridgehead atoms. The van der Waals surface area contributed by atoms with Crippen molar-refractivity contribution in [2.24, 2.45) is 0 Å². The molecule has 3 rings (SSSR count). The van der Waals surface area contributed by atoms with E-state index in [-0.39, 0.29) is 4.90 Å². The average molecular weight is 376 g/mol. The van der Waals surface area contributed by atoms with Gasteiger partial charge in [0.05, 0.1) is 10.9 Å². The third-order valence-electron chi connectivity index (χ3n) is 4.27. The molecule has 0 amide bonds. The SMILES string of the molecule is CN(C)S(=O)(=O)c1cccc(-c2ccc(C3NNNC3C(=O)O)cc2)c1. The summed E-state index contributed by atoms with van der Waals surface area (Å²) in [5, 5.41) is 9.23. The summed E-state index contributed by atoms with van der Waals surface area (Å²) in [6.45, 7) is 0. The fourth-order valence-electron chi connectivity index (χ4n) is 2.77. The lowest BCUT2D eigenvalue weighted by molar-refractivity contribution is -0.139. The molecule has 0 radical (unpaired) electrons. The van der Waals surface area contributed by atoms with Crippen LogP contribution in [-0.2, 0) is 14.8 Å². The van der Waals surface area contributed by atoms with Gasteiger partial charge in [-0.25, -0.2) is 23.6 Å². The van der Waals surface area contributed by atoms with Gasteiger partial charge in [0.25, 0.3) is 0 Å². The number of nitrogens with zero attached hydrogens (tertiary/aromatic N) is 1. The molecule has 0 saturated carbocycles. The first-order valence-corrected chi connectivity index (χ1v) is 9.36. The topological polar surface area (TPSA) is 111 Å². The van der Waals surface area contributed by atoms with Crippen LogP contribution < -0.4 is 16.4 Å². The van der Waals surface area contributed by atoms with Crippen molar-refractivity contribution in [2.75, 3.05) is 14.1 Å². The number of carboxylic acid groups (broad SMARTS) is 1. The number of aliphatic carboxylic acids is 1. The molecule has 138 valence electrons. The van der Waals surface area contributed by atoms with Gasteiger partial charge in [-0.2, -0.15) is 5.53 Å². The standard InChI is InChI=1S/C17H20N4O4S/c1-21(2)26(24,25)14-5-3-4-13(10-14)11-6-8-12(9-7-11)15-16(17(22)23)19-20-18-15/h3-10,15-16,18-20H,1-2H3,(H,22,23). The largest absolute Gasteiger partial charge is 0.480 e. The minimum Gasteiger partial charge on any atom is -0.480 e. The van der Waals surface area contributed by atoms with Crippen LogP contribution in [0.5, 0.6) is 0 Å². The second-order valence-corrected chi connectivity index (χ2v) is 8.30. The first kappa shape index (κ1) is 18.5. The highest BCUT2D eigenvalue weighted by molar-refractivity contribution is 7.89. The molecule has 1 fully saturated rings. The van der Waals surface area contributed by atoms with Gasteiger partial charge in [0.15, 0.2) is 0 Å². The predicted octanol–water partition coefficient (Wildman–Crippen LogP) is 0.711. The quantitative estimate of drug-likeness (QED) is 0.608. The smallest absolute Gasteiger partial charge is 0.324 e. The van der Waals surface area contributed by atoms with E-state index in [1.807, 2.05) is 30.3 Å². The van der Waals surface area contributed by atoms with Crippen LogP contribution in [0.2, 0.25) is 0 Å². The van der Waals surface area contributed by atoms with E-state index in [0.717, 1.165) is 16.7 Å². The Bertz CT molecular complexity index is 913. The lowest BCUT2D eigenvalue weighted by Gasteiger charge is -2.15. The molecule has 1 heterocycles. The van der Waals surface area contributed by atoms with Crippen molar-refractivity contribution < 1.29 is 18.3 Å². The lowest BCUT2D eigenvalue weighted by atomic mass is 9.97. The Morgan fingerprint density at radius 2 is 1.73 bits per heavy atom. The van der Waals surface area contributed by atoms with Crippen LogP contribution in [0.1, 0.15) is 11.6 Å². The summed E-state index contributed by atoms with van der Waals surface area (Å²) in [5.74, 6) is -0.960. The van der Waals surface area contributed by atoms with E-state index in [0.29, 0.717) is 0 Å². The zero-order valence-electron chi connectivity index (χ0n) is 14.3. The summed E-state index contributed by atoms with van der Waals surface area (Å²) >= 11 is 0. The van der Waals surface area contributed by atoms with Gasteiger partial charge in [-0.1, -0.05) is 36.4 Å². The molecule has 0 spiro atoms. The fourth-order valence-corrected chi connectivity index (χ4v) is 3.72. The number of hydrogen-bond donors (Lipinski definition) is 4. The van der Waals surface area contributed by atoms with Gasteiger partial charge in [0, 0.05) is 14.1 Å². The molecule has 9 heteroatoms. The van der Waals surface area contributed by atoms with Crippen molar-refractivity contribution in [3.8, 4) is 11.1 Å². The Balaban J connectivity index is 1.89. The molecular formula is C17H20N4O4S. The normalized spacial score (nSPS) is 20.4. The highest BCUT2D eigenvalue weighted by Crippen LogP contribution is 2.26. The minimum absolute atomic E-state index is 0.223. The van der Waals surface area contributed by atoms with Crippen molar-refractivity contribution in [3.05, 3.63) is 54.1 Å². The number of sulfonamides is 1. The summed E-state index contributed by atoms with van der Waals surface area (Å²) in [5.41, 5.74) is 10.6. The van der Waals surface area contributed by atoms with Crippen molar-refractivity contribution in [1.29, 1.82) is 0 Å². The first-order chi connectivity index (χ1) is 12.3. The first-order valence-electron chi connectivity index (χ1n) is 7.92. The van der Waals surface area contributed by atoms with Gasteiger partial charge in [-0.05, 0) is 28.8 Å². The number of rotatable bonds is 5. The molecule has 2 atom stereocenters. The van der Waals surface area contributed by atoms with Crippen molar-refractivity contribution in [3.63, 3.8) is 0 Å². The van der Waals surface area contributed by atoms with Gasteiger partial charge >= 0.3 is 5.97 Å². The molecule has 2 aromatic carbocycles. The van der Waals surface area contributed by atoms with Crippen molar-refractivity contribution in [1.82, 2.24) is 20.7 Å². The van der Waals surface area contributed by atoms with E-state index in [1.54, 1.807) is 18.2 Å². The van der Waals surface area contributed by atoms with Gasteiger partial charge < -0.3 is 5.11 Å². The molecule has 1 saturated heterocycles. The maximum absolute atomic E-state index is 12.3. The number of benzene rings is 2. The molecule has 1 aliphatic rings. The van der Waals surface area contributed by atoms with E-state index in [9.17, 15) is 18.3 Å². The molecule has 2 aromatic rings. The Labute approximate surface area is 151 Å². The molecule has 1 aliphatic heterocycles. The summed E-state index contributed by atoms with van der Waals surface area (Å²) in [6.07, 6.45) is 0. The third kappa shape index (κ3) is 3.48. The second kappa shape index (κ2) is 7.14. The van der Waals surface area contributed by atoms with Crippen LogP contribution in [0.15, 0.2) is 53.4 Å². The van der Waals surface area contributed by atoms with Crippen LogP contribution >= 0.6 is 0 Å². The molecular weight excluding hydrogens is 356 g/mol. The Morgan fingerprint density at radius 3 is 2.35 bits per heavy atom. The molecule has 2 unspecified atom stereocenters. The second-order valence-electron chi connectivity index (χ2n) is 6.14. The van der Waals surface area contributed by atoms with Gasteiger partial charge in [-0.3, -0.25) is 4.79 Å². The summed E-state index contributed by atoms with van der Waals surface area (Å²) in [7, 11) is -0.519. The van der Waals surface area contributed by atoms with Crippen LogP contribution in [0.4, 0.5) is 0 Å². The Hall–Kier alpha value is -2.30. The van der Waals surface area contributed by atoms with Gasteiger partial charge in [0.1, 0.15) is 6.04 Å². The number of carbonyl (C=O) groups is 1. The third-order valence-corrected chi connectivity index (χ3v) is 6.08. The van der Waals surface area contributed by atoms with E-state index < -0.39 is 28.1 Å². The van der Waals surface area contributed by atoms with E-state index in [4.69, 9.17) is 0 Å². The predicted molar refractivity (Wildman–Crippen MR) is 96.3 cm³/mol. The Kier molecular flexibility index (Phi) is 5.08. The molecule has 8 nitrogen and oxygen atoms in total. The van der Waals surface area contributed by atoms with E-state index >= 15 is 0 Å². The summed E-state index contributed by atoms with van der Waals surface area (Å²) in [4.78, 5) is 11.5. The molecule has 0 aliphatic carbocycles. The maximum Gasteiger partial charge on any atom is 0.324 e. The highest BCUT2D eigenvalue weighted by atomic mass is 32.2. The monoisotopic (exact) mass is 376 g/mol. The number of hydrogen-bond acceptors (Lipinski definition) is 6. The summed E-state index contributed by atoms with van der Waals surface area (Å²) < 4.78 is 25.8. The molecule has 26 heavy (non-hydrogen) atoms. The molecule has 4 N–H and O–H groups in total. The molecule has 0 aromatic heterocycles. The Morgan fingerprint density at radius 1 is 1.04 bits per heavy atom. The highest BCUT2D eigenvalue weighted by Gasteiger charge is 2.33. The number of carboxylic acids is 1. The van der Waals surface area contributed by atoms with Crippen molar-refractivity contribution >= 4 is 16.0 Å². The zero-order valence-corrected chi connectivity index (χ0v) is 15.1. The minimum atomic E-state index is -3.50. The van der Waals surface area contributed by atoms with Crippen LogP contribution in [-0.4, -0.2) is 43.9 Å². The van der Waals surface area contributed by atoms with Gasteiger partial charge in [-0.15, -0.1) is 0 Å². The maximum atomic E-state index is 12.3. The zero-order chi connectivity index (χ0) is 18.9. The van der Waals surface area contributed by atoms with E-state index in [2.05, 4.69) is 16.4 Å². The van der Waals surface area contributed by atoms with Crippen LogP contribution in [0.25, 0.3) is 11.1 Å². The number of hydrazine groups is 2.